The second-order valence-corrected chi connectivity index (χ2v) is 5.61. The van der Waals surface area contributed by atoms with Gasteiger partial charge >= 0.3 is 0 Å². The van der Waals surface area contributed by atoms with Gasteiger partial charge in [-0.25, -0.2) is 8.78 Å². The number of benzene rings is 2. The molecule has 0 aliphatic heterocycles. The van der Waals surface area contributed by atoms with E-state index in [2.05, 4.69) is 23.5 Å². The first kappa shape index (κ1) is 14.2. The predicted molar refractivity (Wildman–Crippen MR) is 79.9 cm³/mol. The van der Waals surface area contributed by atoms with E-state index in [4.69, 9.17) is 0 Å². The van der Waals surface area contributed by atoms with Crippen molar-refractivity contribution in [3.05, 3.63) is 70.8 Å². The van der Waals surface area contributed by atoms with E-state index in [0.717, 1.165) is 25.3 Å². The van der Waals surface area contributed by atoms with Crippen molar-refractivity contribution in [2.45, 2.75) is 38.3 Å². The van der Waals surface area contributed by atoms with Crippen LogP contribution in [0.25, 0.3) is 0 Å². The summed E-state index contributed by atoms with van der Waals surface area (Å²) in [7, 11) is 0. The Morgan fingerprint density at radius 3 is 2.81 bits per heavy atom. The molecule has 0 amide bonds. The summed E-state index contributed by atoms with van der Waals surface area (Å²) < 4.78 is 26.9. The van der Waals surface area contributed by atoms with Gasteiger partial charge < -0.3 is 5.32 Å². The summed E-state index contributed by atoms with van der Waals surface area (Å²) in [6.07, 6.45) is 4.47. The minimum atomic E-state index is -0.394. The molecule has 110 valence electrons. The molecule has 1 aliphatic rings. The van der Waals surface area contributed by atoms with Crippen LogP contribution in [0.2, 0.25) is 0 Å². The van der Waals surface area contributed by atoms with E-state index in [1.165, 1.54) is 29.7 Å². The first-order valence-corrected chi connectivity index (χ1v) is 7.49. The Morgan fingerprint density at radius 1 is 1.05 bits per heavy atom. The van der Waals surface area contributed by atoms with E-state index in [-0.39, 0.29) is 11.9 Å². The Labute approximate surface area is 124 Å². The van der Waals surface area contributed by atoms with Crippen molar-refractivity contribution >= 4 is 0 Å². The average molecular weight is 287 g/mol. The minimum absolute atomic E-state index is 0.214. The van der Waals surface area contributed by atoms with Gasteiger partial charge in [0.15, 0.2) is 0 Å². The molecule has 1 nitrogen and oxygen atoms in total. The van der Waals surface area contributed by atoms with Crippen molar-refractivity contribution in [1.29, 1.82) is 0 Å². The number of hydrogen-bond donors (Lipinski definition) is 1. The first-order chi connectivity index (χ1) is 10.2. The molecule has 0 radical (unpaired) electrons. The molecular weight excluding hydrogens is 268 g/mol. The Balaban J connectivity index is 1.77. The third-order valence-electron chi connectivity index (χ3n) is 4.17. The molecule has 0 saturated heterocycles. The lowest BCUT2D eigenvalue weighted by Crippen LogP contribution is -2.21. The lowest BCUT2D eigenvalue weighted by atomic mass is 9.99. The molecule has 0 heterocycles. The topological polar surface area (TPSA) is 12.0 Å². The summed E-state index contributed by atoms with van der Waals surface area (Å²) in [5.74, 6) is -0.750. The molecule has 0 aromatic heterocycles. The Bertz CT molecular complexity index is 624. The monoisotopic (exact) mass is 287 g/mol. The van der Waals surface area contributed by atoms with Gasteiger partial charge in [-0.3, -0.25) is 0 Å². The lowest BCUT2D eigenvalue weighted by molar-refractivity contribution is 0.477. The van der Waals surface area contributed by atoms with Gasteiger partial charge in [0.05, 0.1) is 0 Å². The first-order valence-electron chi connectivity index (χ1n) is 7.49. The van der Waals surface area contributed by atoms with Crippen LogP contribution in [0.1, 0.15) is 42.0 Å². The van der Waals surface area contributed by atoms with Crippen molar-refractivity contribution in [3.63, 3.8) is 0 Å². The standard InChI is InChI=1S/C18H19F2N/c19-15-9-10-17(20)14(11-15)12-21-18-8-4-2-6-13-5-1-3-7-16(13)18/h1,3,5,7,9-11,18,21H,2,4,6,8,12H2. The molecule has 0 fully saturated rings. The van der Waals surface area contributed by atoms with Gasteiger partial charge in [0, 0.05) is 18.2 Å². The van der Waals surface area contributed by atoms with Crippen LogP contribution in [-0.4, -0.2) is 0 Å². The third-order valence-corrected chi connectivity index (χ3v) is 4.17. The van der Waals surface area contributed by atoms with Crippen LogP contribution in [0.3, 0.4) is 0 Å². The summed E-state index contributed by atoms with van der Waals surface area (Å²) in [6, 6.07) is 12.2. The molecule has 1 unspecified atom stereocenters. The number of halogens is 2. The fourth-order valence-electron chi connectivity index (χ4n) is 3.05. The number of rotatable bonds is 3. The summed E-state index contributed by atoms with van der Waals surface area (Å²) in [5, 5.41) is 3.40. The highest BCUT2D eigenvalue weighted by Crippen LogP contribution is 2.28. The number of hydrogen-bond acceptors (Lipinski definition) is 1. The second-order valence-electron chi connectivity index (χ2n) is 5.61. The SMILES string of the molecule is Fc1ccc(F)c(CNC2CCCCc3ccccc32)c1. The van der Waals surface area contributed by atoms with Gasteiger partial charge in [-0.1, -0.05) is 30.7 Å². The summed E-state index contributed by atoms with van der Waals surface area (Å²) in [4.78, 5) is 0. The van der Waals surface area contributed by atoms with Gasteiger partial charge in [-0.2, -0.15) is 0 Å². The van der Waals surface area contributed by atoms with Gasteiger partial charge in [0.25, 0.3) is 0 Å². The maximum atomic E-state index is 13.7. The third kappa shape index (κ3) is 3.30. The van der Waals surface area contributed by atoms with E-state index >= 15 is 0 Å². The van der Waals surface area contributed by atoms with E-state index in [9.17, 15) is 8.78 Å². The number of fused-ring (bicyclic) bond motifs is 1. The maximum absolute atomic E-state index is 13.7. The molecule has 2 aromatic rings. The van der Waals surface area contributed by atoms with E-state index in [1.807, 2.05) is 6.07 Å². The number of nitrogens with one attached hydrogen (secondary N) is 1. The molecule has 0 saturated carbocycles. The second kappa shape index (κ2) is 6.35. The van der Waals surface area contributed by atoms with E-state index in [0.29, 0.717) is 12.1 Å². The summed E-state index contributed by atoms with van der Waals surface area (Å²) in [6.45, 7) is 0.350. The van der Waals surface area contributed by atoms with E-state index in [1.54, 1.807) is 0 Å². The molecule has 1 atom stereocenters. The molecule has 0 bridgehead atoms. The van der Waals surface area contributed by atoms with Crippen molar-refractivity contribution < 1.29 is 8.78 Å². The highest BCUT2D eigenvalue weighted by Gasteiger charge is 2.18. The Hall–Kier alpha value is -1.74. The minimum Gasteiger partial charge on any atom is -0.306 e. The van der Waals surface area contributed by atoms with Crippen molar-refractivity contribution in [3.8, 4) is 0 Å². The molecule has 3 rings (SSSR count). The molecule has 3 heteroatoms. The van der Waals surface area contributed by atoms with Gasteiger partial charge in [-0.15, -0.1) is 0 Å². The van der Waals surface area contributed by atoms with Gasteiger partial charge in [0.2, 0.25) is 0 Å². The fraction of sp³-hybridized carbons (Fsp3) is 0.333. The van der Waals surface area contributed by atoms with Crippen LogP contribution in [-0.2, 0) is 13.0 Å². The van der Waals surface area contributed by atoms with Crippen LogP contribution in [0.5, 0.6) is 0 Å². The molecular formula is C18H19F2N. The zero-order valence-corrected chi connectivity index (χ0v) is 11.9. The summed E-state index contributed by atoms with van der Waals surface area (Å²) >= 11 is 0. The zero-order valence-electron chi connectivity index (χ0n) is 11.9. The van der Waals surface area contributed by atoms with Crippen molar-refractivity contribution in [1.82, 2.24) is 5.32 Å². The van der Waals surface area contributed by atoms with Gasteiger partial charge in [-0.05, 0) is 48.6 Å². The Morgan fingerprint density at radius 2 is 1.90 bits per heavy atom. The Kier molecular flexibility index (Phi) is 4.30. The number of aryl methyl sites for hydroxylation is 1. The fourth-order valence-corrected chi connectivity index (χ4v) is 3.05. The van der Waals surface area contributed by atoms with E-state index < -0.39 is 5.82 Å². The van der Waals surface area contributed by atoms with Gasteiger partial charge in [0.1, 0.15) is 11.6 Å². The quantitative estimate of drug-likeness (QED) is 0.818. The normalized spacial score (nSPS) is 18.1. The van der Waals surface area contributed by atoms with Crippen LogP contribution >= 0.6 is 0 Å². The van der Waals surface area contributed by atoms with Crippen LogP contribution in [0.15, 0.2) is 42.5 Å². The predicted octanol–water partition coefficient (Wildman–Crippen LogP) is 4.52. The van der Waals surface area contributed by atoms with Crippen LogP contribution in [0, 0.1) is 11.6 Å². The smallest absolute Gasteiger partial charge is 0.127 e. The molecule has 1 N–H and O–H groups in total. The highest BCUT2D eigenvalue weighted by atomic mass is 19.1. The largest absolute Gasteiger partial charge is 0.306 e. The average Bonchev–Trinajstić information content (AvgIpc) is 2.70. The summed E-state index contributed by atoms with van der Waals surface area (Å²) in [5.41, 5.74) is 3.05. The highest BCUT2D eigenvalue weighted by molar-refractivity contribution is 5.31. The van der Waals surface area contributed by atoms with Crippen LogP contribution < -0.4 is 5.32 Å². The molecule has 1 aliphatic carbocycles. The molecule has 21 heavy (non-hydrogen) atoms. The lowest BCUT2D eigenvalue weighted by Gasteiger charge is -2.19. The zero-order chi connectivity index (χ0) is 14.7. The van der Waals surface area contributed by atoms with Crippen molar-refractivity contribution in [2.24, 2.45) is 0 Å². The maximum Gasteiger partial charge on any atom is 0.127 e. The van der Waals surface area contributed by atoms with Crippen LogP contribution in [0.4, 0.5) is 8.78 Å². The van der Waals surface area contributed by atoms with Crippen molar-refractivity contribution in [2.75, 3.05) is 0 Å². The molecule has 0 spiro atoms. The molecule has 2 aromatic carbocycles.